The lowest BCUT2D eigenvalue weighted by atomic mass is 10.0. The van der Waals surface area contributed by atoms with Crippen LogP contribution in [-0.4, -0.2) is 17.2 Å². The van der Waals surface area contributed by atoms with Gasteiger partial charge in [-0.3, -0.25) is 0 Å². The van der Waals surface area contributed by atoms with Crippen LogP contribution in [0, 0.1) is 0 Å². The van der Waals surface area contributed by atoms with Gasteiger partial charge in [0.1, 0.15) is 5.75 Å². The van der Waals surface area contributed by atoms with E-state index < -0.39 is 12.1 Å². The lowest BCUT2D eigenvalue weighted by molar-refractivity contribution is -0.145. The summed E-state index contributed by atoms with van der Waals surface area (Å²) >= 11 is 0. The Bertz CT molecular complexity index is 385. The van der Waals surface area contributed by atoms with Crippen molar-refractivity contribution in [1.29, 1.82) is 0 Å². The van der Waals surface area contributed by atoms with Crippen LogP contribution in [0.3, 0.4) is 0 Å². The van der Waals surface area contributed by atoms with E-state index in [1.165, 1.54) is 0 Å². The van der Waals surface area contributed by atoms with Crippen molar-refractivity contribution in [2.45, 2.75) is 52.1 Å². The zero-order valence-electron chi connectivity index (χ0n) is 11.3. The van der Waals surface area contributed by atoms with Crippen LogP contribution in [0.4, 0.5) is 0 Å². The molecule has 0 amide bonds. The number of hydrogen-bond acceptors (Lipinski definition) is 2. The number of aliphatic carboxylic acids is 1. The first kappa shape index (κ1) is 14.6. The van der Waals surface area contributed by atoms with Crippen molar-refractivity contribution in [3.05, 3.63) is 29.8 Å². The van der Waals surface area contributed by atoms with Crippen LogP contribution < -0.4 is 4.74 Å². The molecule has 3 heteroatoms. The highest BCUT2D eigenvalue weighted by molar-refractivity contribution is 5.72. The van der Waals surface area contributed by atoms with Crippen LogP contribution in [0.2, 0.25) is 0 Å². The van der Waals surface area contributed by atoms with Gasteiger partial charge in [0.05, 0.1) is 0 Å². The van der Waals surface area contributed by atoms with Gasteiger partial charge < -0.3 is 9.84 Å². The maximum atomic E-state index is 11.1. The van der Waals surface area contributed by atoms with Gasteiger partial charge in [0.2, 0.25) is 0 Å². The normalized spacial score (nSPS) is 12.4. The molecule has 1 rings (SSSR count). The van der Waals surface area contributed by atoms with Gasteiger partial charge in [-0.15, -0.1) is 0 Å². The lowest BCUT2D eigenvalue weighted by Crippen LogP contribution is -2.26. The minimum absolute atomic E-state index is 0.410. The Hall–Kier alpha value is -1.51. The molecule has 0 saturated heterocycles. The predicted molar refractivity (Wildman–Crippen MR) is 72.1 cm³/mol. The summed E-state index contributed by atoms with van der Waals surface area (Å²) in [6, 6.07) is 7.67. The Morgan fingerprint density at radius 2 is 2.11 bits per heavy atom. The third-order valence-electron chi connectivity index (χ3n) is 2.90. The molecule has 3 nitrogen and oxygen atoms in total. The molecule has 0 bridgehead atoms. The maximum Gasteiger partial charge on any atom is 0.344 e. The standard InChI is InChI=1S/C15H22O3/c1-4-5-9-14(15(16)17)18-13-8-6-7-12(10-13)11(2)3/h6-8,10-11,14H,4-5,9H2,1-3H3,(H,16,17). The molecule has 0 aliphatic rings. The quantitative estimate of drug-likeness (QED) is 0.800. The van der Waals surface area contributed by atoms with Gasteiger partial charge in [-0.05, 0) is 36.5 Å². The molecule has 100 valence electrons. The molecular formula is C15H22O3. The molecule has 0 saturated carbocycles. The Kier molecular flexibility index (Phi) is 5.69. The van der Waals surface area contributed by atoms with Gasteiger partial charge in [-0.25, -0.2) is 4.79 Å². The van der Waals surface area contributed by atoms with Crippen LogP contribution in [-0.2, 0) is 4.79 Å². The number of carbonyl (C=O) groups is 1. The number of carboxylic acid groups (broad SMARTS) is 1. The highest BCUT2D eigenvalue weighted by atomic mass is 16.5. The van der Waals surface area contributed by atoms with Crippen molar-refractivity contribution in [3.63, 3.8) is 0 Å². The second-order valence-corrected chi connectivity index (χ2v) is 4.81. The van der Waals surface area contributed by atoms with Gasteiger partial charge in [0.25, 0.3) is 0 Å². The van der Waals surface area contributed by atoms with Crippen molar-refractivity contribution >= 4 is 5.97 Å². The van der Waals surface area contributed by atoms with E-state index in [1.54, 1.807) is 0 Å². The summed E-state index contributed by atoms with van der Waals surface area (Å²) in [6.07, 6.45) is 1.64. The Balaban J connectivity index is 2.74. The molecular weight excluding hydrogens is 228 g/mol. The van der Waals surface area contributed by atoms with Gasteiger partial charge in [0, 0.05) is 0 Å². The number of carboxylic acids is 1. The SMILES string of the molecule is CCCCC(Oc1cccc(C(C)C)c1)C(=O)O. The fraction of sp³-hybridized carbons (Fsp3) is 0.533. The van der Waals surface area contributed by atoms with Gasteiger partial charge in [0.15, 0.2) is 6.10 Å². The van der Waals surface area contributed by atoms with Crippen molar-refractivity contribution < 1.29 is 14.6 Å². The molecule has 0 spiro atoms. The van der Waals surface area contributed by atoms with Crippen molar-refractivity contribution in [2.75, 3.05) is 0 Å². The first-order chi connectivity index (χ1) is 8.54. The molecule has 1 atom stereocenters. The Morgan fingerprint density at radius 1 is 1.39 bits per heavy atom. The average molecular weight is 250 g/mol. The molecule has 1 N–H and O–H groups in total. The third-order valence-corrected chi connectivity index (χ3v) is 2.90. The topological polar surface area (TPSA) is 46.5 Å². The van der Waals surface area contributed by atoms with Crippen molar-refractivity contribution in [2.24, 2.45) is 0 Å². The fourth-order valence-electron chi connectivity index (χ4n) is 1.73. The first-order valence-electron chi connectivity index (χ1n) is 6.54. The van der Waals surface area contributed by atoms with Crippen LogP contribution in [0.1, 0.15) is 51.5 Å². The van der Waals surface area contributed by atoms with Gasteiger partial charge >= 0.3 is 5.97 Å². The summed E-state index contributed by atoms with van der Waals surface area (Å²) in [5, 5.41) is 9.11. The number of unbranched alkanes of at least 4 members (excludes halogenated alkanes) is 1. The van der Waals surface area contributed by atoms with Crippen molar-refractivity contribution in [3.8, 4) is 5.75 Å². The van der Waals surface area contributed by atoms with Crippen molar-refractivity contribution in [1.82, 2.24) is 0 Å². The molecule has 1 aromatic carbocycles. The van der Waals surface area contributed by atoms with E-state index in [0.29, 0.717) is 18.1 Å². The summed E-state index contributed by atoms with van der Waals surface area (Å²) < 4.78 is 5.57. The molecule has 0 aromatic heterocycles. The molecule has 1 unspecified atom stereocenters. The lowest BCUT2D eigenvalue weighted by Gasteiger charge is -2.16. The molecule has 0 aliphatic carbocycles. The van der Waals surface area contributed by atoms with E-state index in [4.69, 9.17) is 9.84 Å². The second-order valence-electron chi connectivity index (χ2n) is 4.81. The number of hydrogen-bond donors (Lipinski definition) is 1. The van der Waals surface area contributed by atoms with E-state index >= 15 is 0 Å². The molecule has 0 radical (unpaired) electrons. The number of ether oxygens (including phenoxy) is 1. The molecule has 0 aliphatic heterocycles. The van der Waals surface area contributed by atoms with Crippen LogP contribution in [0.15, 0.2) is 24.3 Å². The third kappa shape index (κ3) is 4.40. The largest absolute Gasteiger partial charge is 0.479 e. The molecule has 1 aromatic rings. The highest BCUT2D eigenvalue weighted by Crippen LogP contribution is 2.22. The molecule has 0 heterocycles. The monoisotopic (exact) mass is 250 g/mol. The second kappa shape index (κ2) is 7.04. The van der Waals surface area contributed by atoms with E-state index in [9.17, 15) is 4.79 Å². The van der Waals surface area contributed by atoms with E-state index in [2.05, 4.69) is 13.8 Å². The Labute approximate surface area is 109 Å². The minimum Gasteiger partial charge on any atom is -0.479 e. The van der Waals surface area contributed by atoms with E-state index in [0.717, 1.165) is 18.4 Å². The first-order valence-corrected chi connectivity index (χ1v) is 6.54. The highest BCUT2D eigenvalue weighted by Gasteiger charge is 2.18. The number of rotatable bonds is 7. The summed E-state index contributed by atoms with van der Waals surface area (Å²) in [6.45, 7) is 6.24. The smallest absolute Gasteiger partial charge is 0.344 e. The molecule has 0 fully saturated rings. The fourth-order valence-corrected chi connectivity index (χ4v) is 1.73. The maximum absolute atomic E-state index is 11.1. The van der Waals surface area contributed by atoms with Gasteiger partial charge in [-0.1, -0.05) is 39.3 Å². The summed E-state index contributed by atoms with van der Waals surface area (Å²) in [5.41, 5.74) is 1.16. The summed E-state index contributed by atoms with van der Waals surface area (Å²) in [4.78, 5) is 11.1. The van der Waals surface area contributed by atoms with Crippen LogP contribution in [0.5, 0.6) is 5.75 Å². The minimum atomic E-state index is -0.890. The predicted octanol–water partition coefficient (Wildman–Crippen LogP) is 3.83. The number of benzene rings is 1. The van der Waals surface area contributed by atoms with Gasteiger partial charge in [-0.2, -0.15) is 0 Å². The molecule has 18 heavy (non-hydrogen) atoms. The zero-order valence-corrected chi connectivity index (χ0v) is 11.3. The summed E-state index contributed by atoms with van der Waals surface area (Å²) in [5.74, 6) is 0.163. The Morgan fingerprint density at radius 3 is 2.67 bits per heavy atom. The summed E-state index contributed by atoms with van der Waals surface area (Å²) in [7, 11) is 0. The van der Waals surface area contributed by atoms with Crippen LogP contribution in [0.25, 0.3) is 0 Å². The van der Waals surface area contributed by atoms with E-state index in [-0.39, 0.29) is 0 Å². The zero-order chi connectivity index (χ0) is 13.5. The van der Waals surface area contributed by atoms with E-state index in [1.807, 2.05) is 31.2 Å². The van der Waals surface area contributed by atoms with Crippen LogP contribution >= 0.6 is 0 Å². The average Bonchev–Trinajstić information content (AvgIpc) is 2.34.